The first-order valence-corrected chi connectivity index (χ1v) is 9.92. The Bertz CT molecular complexity index is 982. The summed E-state index contributed by atoms with van der Waals surface area (Å²) in [6, 6.07) is 22.2. The molecule has 0 saturated heterocycles. The summed E-state index contributed by atoms with van der Waals surface area (Å²) in [5.74, 6) is 0.177. The molecule has 2 N–H and O–H groups in total. The number of hydrogen-bond donors (Lipinski definition) is 2. The molecule has 0 aliphatic carbocycles. The zero-order valence-corrected chi connectivity index (χ0v) is 17.2. The van der Waals surface area contributed by atoms with Crippen LogP contribution in [0.3, 0.4) is 0 Å². The van der Waals surface area contributed by atoms with Crippen LogP contribution >= 0.6 is 0 Å². The van der Waals surface area contributed by atoms with Crippen LogP contribution in [0.5, 0.6) is 17.2 Å². The Morgan fingerprint density at radius 1 is 0.867 bits per heavy atom. The SMILES string of the molecule is CCC(C)(c1ccc(OCCOc2ccccc2)cc1)c1ccc(O)c(C(=O)O)c1. The number of hydrogen-bond acceptors (Lipinski definition) is 4. The number of phenols is 1. The molecule has 0 aliphatic heterocycles. The lowest BCUT2D eigenvalue weighted by atomic mass is 9.74. The lowest BCUT2D eigenvalue weighted by Gasteiger charge is -2.30. The van der Waals surface area contributed by atoms with E-state index in [-0.39, 0.29) is 11.3 Å². The molecular formula is C25H26O5. The van der Waals surface area contributed by atoms with Crippen LogP contribution in [0.25, 0.3) is 0 Å². The van der Waals surface area contributed by atoms with Crippen LogP contribution in [0, 0.1) is 0 Å². The average Bonchev–Trinajstić information content (AvgIpc) is 2.77. The number of ether oxygens (including phenoxy) is 2. The quantitative estimate of drug-likeness (QED) is 0.474. The van der Waals surface area contributed by atoms with Crippen LogP contribution in [0.4, 0.5) is 0 Å². The van der Waals surface area contributed by atoms with E-state index in [1.54, 1.807) is 12.1 Å². The van der Waals surface area contributed by atoms with Gasteiger partial charge in [0.2, 0.25) is 0 Å². The highest BCUT2D eigenvalue weighted by Gasteiger charge is 2.28. The smallest absolute Gasteiger partial charge is 0.339 e. The van der Waals surface area contributed by atoms with Gasteiger partial charge in [-0.15, -0.1) is 0 Å². The summed E-state index contributed by atoms with van der Waals surface area (Å²) in [5, 5.41) is 19.1. The largest absolute Gasteiger partial charge is 0.507 e. The molecule has 5 nitrogen and oxygen atoms in total. The molecule has 0 radical (unpaired) electrons. The molecule has 0 amide bonds. The van der Waals surface area contributed by atoms with Gasteiger partial charge in [0.15, 0.2) is 0 Å². The van der Waals surface area contributed by atoms with E-state index in [0.717, 1.165) is 29.0 Å². The first-order chi connectivity index (χ1) is 14.4. The van der Waals surface area contributed by atoms with E-state index in [2.05, 4.69) is 13.8 Å². The number of carbonyl (C=O) groups is 1. The Labute approximate surface area is 176 Å². The van der Waals surface area contributed by atoms with Crippen molar-refractivity contribution in [3.63, 3.8) is 0 Å². The maximum atomic E-state index is 11.4. The van der Waals surface area contributed by atoms with Gasteiger partial charge in [-0.25, -0.2) is 4.79 Å². The van der Waals surface area contributed by atoms with Crippen LogP contribution in [0.1, 0.15) is 41.8 Å². The summed E-state index contributed by atoms with van der Waals surface area (Å²) in [5.41, 5.74) is 1.39. The van der Waals surface area contributed by atoms with Gasteiger partial charge in [-0.05, 0) is 53.9 Å². The van der Waals surface area contributed by atoms with E-state index in [1.165, 1.54) is 6.07 Å². The normalized spacial score (nSPS) is 12.7. The molecule has 0 fully saturated rings. The summed E-state index contributed by atoms with van der Waals surface area (Å²) in [4.78, 5) is 11.4. The average molecular weight is 406 g/mol. The molecule has 3 aromatic carbocycles. The number of rotatable bonds is 9. The minimum absolute atomic E-state index is 0.0921. The Balaban J connectivity index is 1.69. The van der Waals surface area contributed by atoms with Crippen molar-refractivity contribution >= 4 is 5.97 Å². The van der Waals surface area contributed by atoms with Crippen molar-refractivity contribution in [2.75, 3.05) is 13.2 Å². The van der Waals surface area contributed by atoms with Gasteiger partial charge in [0.05, 0.1) is 0 Å². The Morgan fingerprint density at radius 3 is 2.00 bits per heavy atom. The van der Waals surface area contributed by atoms with Crippen LogP contribution in [-0.2, 0) is 5.41 Å². The third kappa shape index (κ3) is 4.74. The van der Waals surface area contributed by atoms with E-state index in [1.807, 2.05) is 54.6 Å². The van der Waals surface area contributed by atoms with Gasteiger partial charge < -0.3 is 19.7 Å². The molecule has 0 spiro atoms. The molecule has 30 heavy (non-hydrogen) atoms. The molecule has 0 aromatic heterocycles. The van der Waals surface area contributed by atoms with Crippen LogP contribution < -0.4 is 9.47 Å². The van der Waals surface area contributed by atoms with Gasteiger partial charge in [0, 0.05) is 5.41 Å². The van der Waals surface area contributed by atoms with E-state index >= 15 is 0 Å². The molecule has 0 bridgehead atoms. The zero-order chi connectivity index (χ0) is 21.6. The first kappa shape index (κ1) is 21.2. The molecule has 1 unspecified atom stereocenters. The first-order valence-electron chi connectivity index (χ1n) is 9.92. The second kappa shape index (κ2) is 9.35. The zero-order valence-electron chi connectivity index (χ0n) is 17.2. The van der Waals surface area contributed by atoms with Crippen molar-refractivity contribution < 1.29 is 24.5 Å². The minimum Gasteiger partial charge on any atom is -0.507 e. The van der Waals surface area contributed by atoms with E-state index in [9.17, 15) is 15.0 Å². The highest BCUT2D eigenvalue weighted by Crippen LogP contribution is 2.37. The van der Waals surface area contributed by atoms with Gasteiger partial charge >= 0.3 is 5.97 Å². The van der Waals surface area contributed by atoms with Gasteiger partial charge in [-0.3, -0.25) is 0 Å². The standard InChI is InChI=1S/C25H26O5/c1-3-25(2,19-11-14-23(26)22(17-19)24(27)28)18-9-12-21(13-10-18)30-16-15-29-20-7-5-4-6-8-20/h4-14,17,26H,3,15-16H2,1-2H3,(H,27,28). The molecule has 1 atom stereocenters. The number of benzene rings is 3. The van der Waals surface area contributed by atoms with Crippen molar-refractivity contribution in [3.8, 4) is 17.2 Å². The summed E-state index contributed by atoms with van der Waals surface area (Å²) in [7, 11) is 0. The molecule has 0 aliphatic rings. The van der Waals surface area contributed by atoms with E-state index in [4.69, 9.17) is 9.47 Å². The number of carboxylic acid groups (broad SMARTS) is 1. The predicted molar refractivity (Wildman–Crippen MR) is 116 cm³/mol. The van der Waals surface area contributed by atoms with Crippen LogP contribution in [0.15, 0.2) is 72.8 Å². The molecule has 0 saturated carbocycles. The van der Waals surface area contributed by atoms with Crippen molar-refractivity contribution in [1.29, 1.82) is 0 Å². The van der Waals surface area contributed by atoms with Gasteiger partial charge in [0.25, 0.3) is 0 Å². The molecule has 3 rings (SSSR count). The third-order valence-corrected chi connectivity index (χ3v) is 5.43. The lowest BCUT2D eigenvalue weighted by Crippen LogP contribution is -2.23. The fourth-order valence-corrected chi connectivity index (χ4v) is 3.38. The topological polar surface area (TPSA) is 76.0 Å². The number of aromatic carboxylic acids is 1. The second-order valence-corrected chi connectivity index (χ2v) is 7.26. The molecule has 5 heteroatoms. The highest BCUT2D eigenvalue weighted by atomic mass is 16.5. The van der Waals surface area contributed by atoms with Gasteiger partial charge in [-0.1, -0.05) is 50.2 Å². The number of carboxylic acids is 1. The van der Waals surface area contributed by atoms with Crippen molar-refractivity contribution in [2.24, 2.45) is 0 Å². The molecule has 3 aromatic rings. The lowest BCUT2D eigenvalue weighted by molar-refractivity contribution is 0.0693. The van der Waals surface area contributed by atoms with Gasteiger partial charge in [-0.2, -0.15) is 0 Å². The highest BCUT2D eigenvalue weighted by molar-refractivity contribution is 5.91. The second-order valence-electron chi connectivity index (χ2n) is 7.26. The molecular weight excluding hydrogens is 380 g/mol. The number of para-hydroxylation sites is 1. The van der Waals surface area contributed by atoms with Crippen molar-refractivity contribution in [3.05, 3.63) is 89.5 Å². The van der Waals surface area contributed by atoms with Crippen molar-refractivity contribution in [1.82, 2.24) is 0 Å². The summed E-state index contributed by atoms with van der Waals surface area (Å²) < 4.78 is 11.4. The fraction of sp³-hybridized carbons (Fsp3) is 0.240. The Hall–Kier alpha value is -3.47. The van der Waals surface area contributed by atoms with Crippen LogP contribution in [0.2, 0.25) is 0 Å². The predicted octanol–water partition coefficient (Wildman–Crippen LogP) is 5.26. The Kier molecular flexibility index (Phi) is 6.62. The molecule has 0 heterocycles. The van der Waals surface area contributed by atoms with E-state index in [0.29, 0.717) is 13.2 Å². The van der Waals surface area contributed by atoms with Gasteiger partial charge in [0.1, 0.15) is 36.0 Å². The summed E-state index contributed by atoms with van der Waals surface area (Å²) >= 11 is 0. The molecule has 156 valence electrons. The third-order valence-electron chi connectivity index (χ3n) is 5.43. The van der Waals surface area contributed by atoms with Crippen molar-refractivity contribution in [2.45, 2.75) is 25.7 Å². The number of aromatic hydroxyl groups is 1. The summed E-state index contributed by atoms with van der Waals surface area (Å²) in [6.45, 7) is 5.00. The van der Waals surface area contributed by atoms with E-state index < -0.39 is 11.4 Å². The minimum atomic E-state index is -1.14. The van der Waals surface area contributed by atoms with Crippen LogP contribution in [-0.4, -0.2) is 29.4 Å². The summed E-state index contributed by atoms with van der Waals surface area (Å²) in [6.07, 6.45) is 0.766. The monoisotopic (exact) mass is 406 g/mol. The maximum Gasteiger partial charge on any atom is 0.339 e. The fourth-order valence-electron chi connectivity index (χ4n) is 3.38. The Morgan fingerprint density at radius 2 is 1.43 bits per heavy atom. The maximum absolute atomic E-state index is 11.4.